The zero-order valence-corrected chi connectivity index (χ0v) is 9.52. The van der Waals surface area contributed by atoms with Gasteiger partial charge in [0.15, 0.2) is 0 Å². The van der Waals surface area contributed by atoms with Crippen LogP contribution in [0.2, 0.25) is 0 Å². The molecule has 74 valence electrons. The van der Waals surface area contributed by atoms with Gasteiger partial charge in [-0.05, 0) is 42.5 Å². The van der Waals surface area contributed by atoms with Gasteiger partial charge in [0.05, 0.1) is 0 Å². The molecule has 0 aliphatic heterocycles. The van der Waals surface area contributed by atoms with Crippen molar-refractivity contribution < 1.29 is 0 Å². The largest absolute Gasteiger partial charge is 0.0655 e. The van der Waals surface area contributed by atoms with Crippen molar-refractivity contribution in [3.05, 3.63) is 40.0 Å². The molecule has 0 fully saturated rings. The molecular weight excluding hydrogens is 168 g/mol. The van der Waals surface area contributed by atoms with E-state index in [2.05, 4.69) is 45.9 Å². The van der Waals surface area contributed by atoms with Gasteiger partial charge in [-0.3, -0.25) is 0 Å². The fraction of sp³-hybridized carbons (Fsp3) is 0.429. The minimum Gasteiger partial charge on any atom is -0.0655 e. The van der Waals surface area contributed by atoms with Crippen LogP contribution in [0.25, 0.3) is 6.08 Å². The van der Waals surface area contributed by atoms with Gasteiger partial charge in [-0.15, -0.1) is 0 Å². The van der Waals surface area contributed by atoms with Crippen molar-refractivity contribution in [3.8, 4) is 0 Å². The number of hydrogen-bond acceptors (Lipinski definition) is 0. The van der Waals surface area contributed by atoms with Gasteiger partial charge in [0, 0.05) is 5.92 Å². The molecule has 14 heavy (non-hydrogen) atoms. The van der Waals surface area contributed by atoms with Crippen molar-refractivity contribution in [2.75, 3.05) is 0 Å². The number of fused-ring (bicyclic) bond motifs is 1. The van der Waals surface area contributed by atoms with Crippen molar-refractivity contribution >= 4 is 6.08 Å². The smallest absolute Gasteiger partial charge is 0.00291 e. The van der Waals surface area contributed by atoms with Crippen LogP contribution in [0.3, 0.4) is 0 Å². The van der Waals surface area contributed by atoms with Gasteiger partial charge in [-0.1, -0.05) is 37.6 Å². The molecule has 1 aliphatic carbocycles. The third-order valence-corrected chi connectivity index (χ3v) is 3.46. The molecule has 0 nitrogen and oxygen atoms in total. The lowest BCUT2D eigenvalue weighted by Gasteiger charge is -2.14. The number of hydrogen-bond donors (Lipinski definition) is 0. The molecule has 0 heterocycles. The minimum absolute atomic E-state index is 0.625. The maximum absolute atomic E-state index is 2.36. The van der Waals surface area contributed by atoms with Crippen molar-refractivity contribution in [2.24, 2.45) is 0 Å². The first-order valence-corrected chi connectivity index (χ1v) is 5.45. The van der Waals surface area contributed by atoms with Gasteiger partial charge in [-0.25, -0.2) is 0 Å². The normalized spacial score (nSPS) is 19.4. The molecule has 1 aromatic rings. The lowest BCUT2D eigenvalue weighted by atomic mass is 9.91. The molecule has 0 N–H and O–H groups in total. The highest BCUT2D eigenvalue weighted by Crippen LogP contribution is 2.39. The summed E-state index contributed by atoms with van der Waals surface area (Å²) >= 11 is 0. The van der Waals surface area contributed by atoms with E-state index < -0.39 is 0 Å². The SMILES string of the molecule is CCc1ccc(C)c2c1C(C)C(C)=C2. The average molecular weight is 186 g/mol. The van der Waals surface area contributed by atoms with Gasteiger partial charge in [0.25, 0.3) is 0 Å². The summed E-state index contributed by atoms with van der Waals surface area (Å²) in [4.78, 5) is 0. The maximum atomic E-state index is 2.36. The summed E-state index contributed by atoms with van der Waals surface area (Å²) < 4.78 is 0. The lowest BCUT2D eigenvalue weighted by molar-refractivity contribution is 0.892. The molecule has 1 atom stereocenters. The van der Waals surface area contributed by atoms with Crippen LogP contribution < -0.4 is 0 Å². The molecular formula is C14H18. The van der Waals surface area contributed by atoms with E-state index in [1.807, 2.05) is 0 Å². The first kappa shape index (κ1) is 9.51. The zero-order chi connectivity index (χ0) is 10.3. The van der Waals surface area contributed by atoms with Gasteiger partial charge >= 0.3 is 0 Å². The molecule has 0 saturated heterocycles. The second-order valence-electron chi connectivity index (χ2n) is 4.33. The van der Waals surface area contributed by atoms with Crippen LogP contribution in [-0.4, -0.2) is 0 Å². The average Bonchev–Trinajstić information content (AvgIpc) is 2.47. The van der Waals surface area contributed by atoms with Crippen molar-refractivity contribution in [2.45, 2.75) is 40.0 Å². The molecule has 0 saturated carbocycles. The molecule has 1 aliphatic rings. The summed E-state index contributed by atoms with van der Waals surface area (Å²) in [6.07, 6.45) is 3.50. The third-order valence-electron chi connectivity index (χ3n) is 3.46. The van der Waals surface area contributed by atoms with E-state index in [9.17, 15) is 0 Å². The predicted molar refractivity (Wildman–Crippen MR) is 62.6 cm³/mol. The van der Waals surface area contributed by atoms with Gasteiger partial charge in [0.1, 0.15) is 0 Å². The highest BCUT2D eigenvalue weighted by atomic mass is 14.3. The first-order valence-electron chi connectivity index (χ1n) is 5.45. The second kappa shape index (κ2) is 3.27. The first-order chi connectivity index (χ1) is 6.65. The fourth-order valence-corrected chi connectivity index (χ4v) is 2.38. The lowest BCUT2D eigenvalue weighted by Crippen LogP contribution is -1.98. The van der Waals surface area contributed by atoms with E-state index in [0.29, 0.717) is 5.92 Å². The molecule has 1 aromatic carbocycles. The topological polar surface area (TPSA) is 0 Å². The Morgan fingerprint density at radius 3 is 2.57 bits per heavy atom. The van der Waals surface area contributed by atoms with Crippen molar-refractivity contribution in [1.29, 1.82) is 0 Å². The molecule has 0 spiro atoms. The molecule has 0 aromatic heterocycles. The summed E-state index contributed by atoms with van der Waals surface area (Å²) in [5.74, 6) is 0.625. The van der Waals surface area contributed by atoms with Crippen LogP contribution in [0.15, 0.2) is 17.7 Å². The molecule has 0 bridgehead atoms. The maximum Gasteiger partial charge on any atom is 0.00291 e. The third kappa shape index (κ3) is 1.21. The molecule has 0 heteroatoms. The van der Waals surface area contributed by atoms with Crippen LogP contribution in [0.1, 0.15) is 48.9 Å². The number of benzene rings is 1. The quantitative estimate of drug-likeness (QED) is 0.620. The number of allylic oxidation sites excluding steroid dienone is 1. The van der Waals surface area contributed by atoms with E-state index >= 15 is 0 Å². The van der Waals surface area contributed by atoms with Gasteiger partial charge in [-0.2, -0.15) is 0 Å². The number of rotatable bonds is 1. The molecule has 1 unspecified atom stereocenters. The molecule has 0 radical (unpaired) electrons. The Morgan fingerprint density at radius 2 is 1.93 bits per heavy atom. The van der Waals surface area contributed by atoms with Crippen LogP contribution in [0.4, 0.5) is 0 Å². The predicted octanol–water partition coefficient (Wildman–Crippen LogP) is 4.08. The Morgan fingerprint density at radius 1 is 1.21 bits per heavy atom. The van der Waals surface area contributed by atoms with E-state index in [-0.39, 0.29) is 0 Å². The van der Waals surface area contributed by atoms with Crippen molar-refractivity contribution in [3.63, 3.8) is 0 Å². The summed E-state index contributed by atoms with van der Waals surface area (Å²) in [6, 6.07) is 4.54. The molecule has 0 amide bonds. The highest BCUT2D eigenvalue weighted by molar-refractivity contribution is 5.70. The number of aryl methyl sites for hydroxylation is 2. The Kier molecular flexibility index (Phi) is 2.22. The summed E-state index contributed by atoms with van der Waals surface area (Å²) in [5, 5.41) is 0. The van der Waals surface area contributed by atoms with Crippen LogP contribution in [-0.2, 0) is 6.42 Å². The van der Waals surface area contributed by atoms with E-state index in [0.717, 1.165) is 6.42 Å². The Bertz CT molecular complexity index is 397. The Balaban J connectivity index is 2.66. The summed E-state index contributed by atoms with van der Waals surface area (Å²) in [6.45, 7) is 9.01. The fourth-order valence-electron chi connectivity index (χ4n) is 2.38. The Hall–Kier alpha value is -1.04. The minimum atomic E-state index is 0.625. The van der Waals surface area contributed by atoms with Crippen LogP contribution >= 0.6 is 0 Å². The van der Waals surface area contributed by atoms with Gasteiger partial charge in [0.2, 0.25) is 0 Å². The van der Waals surface area contributed by atoms with E-state index in [4.69, 9.17) is 0 Å². The summed E-state index contributed by atoms with van der Waals surface area (Å²) in [7, 11) is 0. The van der Waals surface area contributed by atoms with Crippen LogP contribution in [0, 0.1) is 6.92 Å². The van der Waals surface area contributed by atoms with Crippen molar-refractivity contribution in [1.82, 2.24) is 0 Å². The van der Waals surface area contributed by atoms with E-state index in [1.165, 1.54) is 22.3 Å². The van der Waals surface area contributed by atoms with Crippen LogP contribution in [0.5, 0.6) is 0 Å². The molecule has 2 rings (SSSR count). The highest BCUT2D eigenvalue weighted by Gasteiger charge is 2.21. The zero-order valence-electron chi connectivity index (χ0n) is 9.52. The standard InChI is InChI=1S/C14H18/c1-5-12-7-6-9(2)13-8-10(3)11(4)14(12)13/h6-8,11H,5H2,1-4H3. The second-order valence-corrected chi connectivity index (χ2v) is 4.33. The van der Waals surface area contributed by atoms with E-state index in [1.54, 1.807) is 5.56 Å². The summed E-state index contributed by atoms with van der Waals surface area (Å²) in [5.41, 5.74) is 7.50. The Labute approximate surface area is 86.7 Å². The monoisotopic (exact) mass is 186 g/mol. The van der Waals surface area contributed by atoms with Gasteiger partial charge < -0.3 is 0 Å².